The molecular weight excluding hydrogens is 354 g/mol. The third-order valence-electron chi connectivity index (χ3n) is 4.56. The van der Waals surface area contributed by atoms with Gasteiger partial charge in [0.2, 0.25) is 0 Å². The number of phenols is 1. The number of rotatable bonds is 6. The van der Waals surface area contributed by atoms with E-state index in [0.717, 1.165) is 31.0 Å². The highest BCUT2D eigenvalue weighted by Crippen LogP contribution is 2.33. The number of ether oxygens (including phenoxy) is 1. The second kappa shape index (κ2) is 9.37. The van der Waals surface area contributed by atoms with Gasteiger partial charge in [-0.25, -0.2) is 0 Å². The van der Waals surface area contributed by atoms with Crippen molar-refractivity contribution in [3.63, 3.8) is 0 Å². The third kappa shape index (κ3) is 5.30. The van der Waals surface area contributed by atoms with Crippen LogP contribution in [0.25, 0.3) is 0 Å². The summed E-state index contributed by atoms with van der Waals surface area (Å²) in [5, 5.41) is 10.3. The Kier molecular flexibility index (Phi) is 7.48. The molecule has 0 amide bonds. The molecule has 1 aliphatic rings. The number of phenolic OH excluding ortho intramolecular Hbond substituents is 1. The van der Waals surface area contributed by atoms with Crippen molar-refractivity contribution in [3.8, 4) is 11.5 Å². The van der Waals surface area contributed by atoms with Gasteiger partial charge in [-0.15, -0.1) is 12.4 Å². The molecule has 136 valence electrons. The van der Waals surface area contributed by atoms with Gasteiger partial charge in [-0.3, -0.25) is 0 Å². The van der Waals surface area contributed by atoms with E-state index in [9.17, 15) is 5.11 Å². The van der Waals surface area contributed by atoms with Gasteiger partial charge in [-0.05, 0) is 62.3 Å². The first-order valence-electron chi connectivity index (χ1n) is 8.40. The summed E-state index contributed by atoms with van der Waals surface area (Å²) in [6, 6.07) is 16.3. The standard InChI is InChI=1S/C20H25NO2S.ClH/c1-21(2)19-13-16-12-17(22)9-8-15(16)14-20(19)24-11-10-23-18-6-4-3-5-7-18;/h3-9,12,19-20,22H,10-11,13-14H2,1-2H3;1H. The summed E-state index contributed by atoms with van der Waals surface area (Å²) in [6.07, 6.45) is 2.04. The van der Waals surface area contributed by atoms with Gasteiger partial charge in [0.1, 0.15) is 11.5 Å². The predicted octanol–water partition coefficient (Wildman–Crippen LogP) is 4.02. The minimum absolute atomic E-state index is 0. The Bertz CT molecular complexity index is 666. The van der Waals surface area contributed by atoms with E-state index in [1.807, 2.05) is 48.2 Å². The van der Waals surface area contributed by atoms with Gasteiger partial charge >= 0.3 is 0 Å². The molecule has 0 aliphatic heterocycles. The summed E-state index contributed by atoms with van der Waals surface area (Å²) < 4.78 is 5.81. The molecule has 2 atom stereocenters. The molecule has 0 heterocycles. The SMILES string of the molecule is CN(C)C1Cc2cc(O)ccc2CC1SCCOc1ccccc1.Cl. The van der Waals surface area contributed by atoms with Crippen molar-refractivity contribution in [1.29, 1.82) is 0 Å². The van der Waals surface area contributed by atoms with Crippen molar-refractivity contribution >= 4 is 24.2 Å². The molecule has 0 spiro atoms. The Balaban J connectivity index is 0.00000225. The molecule has 3 nitrogen and oxygen atoms in total. The number of benzene rings is 2. The lowest BCUT2D eigenvalue weighted by molar-refractivity contribution is 0.274. The number of hydrogen-bond donors (Lipinski definition) is 1. The van der Waals surface area contributed by atoms with Gasteiger partial charge in [-0.2, -0.15) is 11.8 Å². The lowest BCUT2D eigenvalue weighted by atomic mass is 9.87. The van der Waals surface area contributed by atoms with Crippen LogP contribution in [-0.4, -0.2) is 47.8 Å². The molecule has 25 heavy (non-hydrogen) atoms. The number of hydrogen-bond acceptors (Lipinski definition) is 4. The number of thioether (sulfide) groups is 1. The fourth-order valence-electron chi connectivity index (χ4n) is 3.27. The summed E-state index contributed by atoms with van der Waals surface area (Å²) in [5.41, 5.74) is 2.65. The summed E-state index contributed by atoms with van der Waals surface area (Å²) in [6.45, 7) is 0.730. The van der Waals surface area contributed by atoms with Gasteiger partial charge in [0.15, 0.2) is 0 Å². The van der Waals surface area contributed by atoms with Gasteiger partial charge in [0.05, 0.1) is 6.61 Å². The fraction of sp³-hybridized carbons (Fsp3) is 0.400. The third-order valence-corrected chi connectivity index (χ3v) is 5.87. The molecule has 0 fully saturated rings. The normalized spacial score (nSPS) is 19.2. The molecule has 3 rings (SSSR count). The van der Waals surface area contributed by atoms with Crippen molar-refractivity contribution in [2.45, 2.75) is 24.1 Å². The van der Waals surface area contributed by atoms with Crippen LogP contribution in [0.1, 0.15) is 11.1 Å². The Hall–Kier alpha value is -1.36. The number of likely N-dealkylation sites (N-methyl/N-ethyl adjacent to an activating group) is 1. The number of aromatic hydroxyl groups is 1. The zero-order chi connectivity index (χ0) is 16.9. The van der Waals surface area contributed by atoms with Crippen LogP contribution in [0.3, 0.4) is 0 Å². The van der Waals surface area contributed by atoms with Gasteiger partial charge in [-0.1, -0.05) is 24.3 Å². The molecule has 0 radical (unpaired) electrons. The van der Waals surface area contributed by atoms with Crippen LogP contribution in [0.2, 0.25) is 0 Å². The van der Waals surface area contributed by atoms with Crippen molar-refractivity contribution in [2.24, 2.45) is 0 Å². The number of para-hydroxylation sites is 1. The minimum Gasteiger partial charge on any atom is -0.508 e. The van der Waals surface area contributed by atoms with Gasteiger partial charge in [0.25, 0.3) is 0 Å². The maximum atomic E-state index is 9.73. The second-order valence-corrected chi connectivity index (χ2v) is 7.81. The molecule has 0 saturated heterocycles. The molecule has 1 aliphatic carbocycles. The lowest BCUT2D eigenvalue weighted by Gasteiger charge is -2.37. The van der Waals surface area contributed by atoms with Crippen LogP contribution >= 0.6 is 24.2 Å². The zero-order valence-electron chi connectivity index (χ0n) is 14.7. The largest absolute Gasteiger partial charge is 0.508 e. The van der Waals surface area contributed by atoms with Crippen LogP contribution < -0.4 is 4.74 Å². The maximum absolute atomic E-state index is 9.73. The number of halogens is 1. The number of fused-ring (bicyclic) bond motifs is 1. The summed E-state index contributed by atoms with van der Waals surface area (Å²) in [5.74, 6) is 2.29. The quantitative estimate of drug-likeness (QED) is 0.768. The van der Waals surface area contributed by atoms with E-state index in [4.69, 9.17) is 4.74 Å². The van der Waals surface area contributed by atoms with Crippen LogP contribution in [0, 0.1) is 0 Å². The second-order valence-electron chi connectivity index (χ2n) is 6.46. The molecule has 0 bridgehead atoms. The highest BCUT2D eigenvalue weighted by atomic mass is 35.5. The molecule has 2 aromatic rings. The lowest BCUT2D eigenvalue weighted by Crippen LogP contribution is -2.43. The molecule has 5 heteroatoms. The van der Waals surface area contributed by atoms with E-state index in [0.29, 0.717) is 17.0 Å². The van der Waals surface area contributed by atoms with Gasteiger partial charge < -0.3 is 14.7 Å². The van der Waals surface area contributed by atoms with E-state index >= 15 is 0 Å². The molecule has 1 N–H and O–H groups in total. The van der Waals surface area contributed by atoms with Crippen LogP contribution in [0.15, 0.2) is 48.5 Å². The molecule has 2 unspecified atom stereocenters. The van der Waals surface area contributed by atoms with E-state index in [-0.39, 0.29) is 12.4 Å². The Morgan fingerprint density at radius 3 is 2.56 bits per heavy atom. The molecular formula is C20H26ClNO2S. The van der Waals surface area contributed by atoms with Crippen LogP contribution in [-0.2, 0) is 12.8 Å². The zero-order valence-corrected chi connectivity index (χ0v) is 16.4. The highest BCUT2D eigenvalue weighted by molar-refractivity contribution is 8.00. The number of nitrogens with zero attached hydrogens (tertiary/aromatic N) is 1. The predicted molar refractivity (Wildman–Crippen MR) is 108 cm³/mol. The van der Waals surface area contributed by atoms with E-state index in [2.05, 4.69) is 25.1 Å². The van der Waals surface area contributed by atoms with Crippen molar-refractivity contribution in [2.75, 3.05) is 26.5 Å². The van der Waals surface area contributed by atoms with Crippen LogP contribution in [0.5, 0.6) is 11.5 Å². The highest BCUT2D eigenvalue weighted by Gasteiger charge is 2.30. The summed E-state index contributed by atoms with van der Waals surface area (Å²) in [7, 11) is 4.29. The summed E-state index contributed by atoms with van der Waals surface area (Å²) in [4.78, 5) is 2.31. The van der Waals surface area contributed by atoms with Crippen molar-refractivity contribution < 1.29 is 9.84 Å². The molecule has 2 aromatic carbocycles. The van der Waals surface area contributed by atoms with Crippen molar-refractivity contribution in [1.82, 2.24) is 4.90 Å². The Morgan fingerprint density at radius 1 is 1.08 bits per heavy atom. The Labute approximate surface area is 160 Å². The van der Waals surface area contributed by atoms with Crippen LogP contribution in [0.4, 0.5) is 0 Å². The van der Waals surface area contributed by atoms with E-state index < -0.39 is 0 Å². The first kappa shape index (κ1) is 20.0. The van der Waals surface area contributed by atoms with E-state index in [1.165, 1.54) is 11.1 Å². The minimum atomic E-state index is 0. The van der Waals surface area contributed by atoms with Crippen molar-refractivity contribution in [3.05, 3.63) is 59.7 Å². The smallest absolute Gasteiger partial charge is 0.119 e. The topological polar surface area (TPSA) is 32.7 Å². The first-order chi connectivity index (χ1) is 11.6. The van der Waals surface area contributed by atoms with E-state index in [1.54, 1.807) is 6.07 Å². The first-order valence-corrected chi connectivity index (χ1v) is 9.45. The summed E-state index contributed by atoms with van der Waals surface area (Å²) >= 11 is 1.99. The maximum Gasteiger partial charge on any atom is 0.119 e. The average Bonchev–Trinajstić information content (AvgIpc) is 2.59. The fourth-order valence-corrected chi connectivity index (χ4v) is 4.61. The monoisotopic (exact) mass is 379 g/mol. The van der Waals surface area contributed by atoms with Gasteiger partial charge in [0, 0.05) is 17.0 Å². The molecule has 0 aromatic heterocycles. The average molecular weight is 380 g/mol. The molecule has 0 saturated carbocycles. The Morgan fingerprint density at radius 2 is 1.84 bits per heavy atom.